The van der Waals surface area contributed by atoms with E-state index in [0.29, 0.717) is 27.0 Å². The number of carbonyl (C=O) groups is 1. The van der Waals surface area contributed by atoms with Crippen molar-refractivity contribution in [2.45, 2.75) is 19.8 Å². The number of nitrogens with zero attached hydrogens (tertiary/aromatic N) is 1. The van der Waals surface area contributed by atoms with Crippen molar-refractivity contribution in [1.82, 2.24) is 4.98 Å². The van der Waals surface area contributed by atoms with E-state index in [1.165, 1.54) is 6.08 Å². The number of aromatic nitrogens is 1. The molecule has 1 heterocycles. The zero-order valence-electron chi connectivity index (χ0n) is 14.8. The van der Waals surface area contributed by atoms with Crippen LogP contribution >= 0.6 is 23.2 Å². The third-order valence-electron chi connectivity index (χ3n) is 4.04. The Kier molecular flexibility index (Phi) is 5.99. The molecule has 0 aliphatic rings. The van der Waals surface area contributed by atoms with Crippen LogP contribution < -0.4 is 11.1 Å². The molecule has 4 nitrogen and oxygen atoms in total. The minimum absolute atomic E-state index is 0.269. The summed E-state index contributed by atoms with van der Waals surface area (Å²) in [6.45, 7) is 2.10. The summed E-state index contributed by atoms with van der Waals surface area (Å²) in [5, 5.41) is 4.67. The molecule has 0 atom stereocenters. The molecule has 0 saturated carbocycles. The van der Waals surface area contributed by atoms with Crippen molar-refractivity contribution >= 4 is 57.5 Å². The standard InChI is InChI=1S/C21H19Cl2N3O/c1-2-3-15-12-19(24)17-11-16(7-8-20(17)25-15)26-21(27)9-5-13-4-6-14(22)10-18(13)23/h4-12H,2-3H2,1H3,(H2,24,25)(H,26,27). The third-order valence-corrected chi connectivity index (χ3v) is 4.61. The monoisotopic (exact) mass is 399 g/mol. The maximum atomic E-state index is 12.2. The lowest BCUT2D eigenvalue weighted by atomic mass is 10.1. The highest BCUT2D eigenvalue weighted by atomic mass is 35.5. The van der Waals surface area contributed by atoms with Crippen LogP contribution in [0, 0.1) is 0 Å². The average molecular weight is 400 g/mol. The highest BCUT2D eigenvalue weighted by Crippen LogP contribution is 2.25. The highest BCUT2D eigenvalue weighted by molar-refractivity contribution is 6.35. The normalized spacial score (nSPS) is 11.2. The van der Waals surface area contributed by atoms with Crippen molar-refractivity contribution in [3.05, 3.63) is 69.8 Å². The second-order valence-electron chi connectivity index (χ2n) is 6.17. The molecule has 1 aromatic heterocycles. The number of aryl methyl sites for hydroxylation is 1. The zero-order chi connectivity index (χ0) is 19.4. The van der Waals surface area contributed by atoms with E-state index in [0.717, 1.165) is 29.4 Å². The quantitative estimate of drug-likeness (QED) is 0.538. The molecule has 27 heavy (non-hydrogen) atoms. The smallest absolute Gasteiger partial charge is 0.248 e. The van der Waals surface area contributed by atoms with Crippen LogP contribution in [-0.4, -0.2) is 10.9 Å². The van der Waals surface area contributed by atoms with Crippen LogP contribution in [0.1, 0.15) is 24.6 Å². The molecular formula is C21H19Cl2N3O. The number of hydrogen-bond donors (Lipinski definition) is 2. The first-order valence-electron chi connectivity index (χ1n) is 8.59. The lowest BCUT2D eigenvalue weighted by Gasteiger charge is -2.08. The van der Waals surface area contributed by atoms with Gasteiger partial charge >= 0.3 is 0 Å². The second-order valence-corrected chi connectivity index (χ2v) is 7.02. The summed E-state index contributed by atoms with van der Waals surface area (Å²) in [4.78, 5) is 16.8. The average Bonchev–Trinajstić information content (AvgIpc) is 2.62. The number of halogens is 2. The molecule has 3 rings (SSSR count). The third kappa shape index (κ3) is 4.79. The van der Waals surface area contributed by atoms with E-state index < -0.39 is 0 Å². The zero-order valence-corrected chi connectivity index (χ0v) is 16.3. The summed E-state index contributed by atoms with van der Waals surface area (Å²) < 4.78 is 0. The number of nitrogens with two attached hydrogens (primary N) is 1. The summed E-state index contributed by atoms with van der Waals surface area (Å²) in [6.07, 6.45) is 4.96. The number of rotatable bonds is 5. The van der Waals surface area contributed by atoms with Gasteiger partial charge in [0.2, 0.25) is 5.91 Å². The van der Waals surface area contributed by atoms with E-state index in [2.05, 4.69) is 17.2 Å². The minimum atomic E-state index is -0.269. The lowest BCUT2D eigenvalue weighted by Crippen LogP contribution is -2.08. The first-order valence-corrected chi connectivity index (χ1v) is 9.35. The molecule has 0 fully saturated rings. The van der Waals surface area contributed by atoms with E-state index in [4.69, 9.17) is 28.9 Å². The molecular weight excluding hydrogens is 381 g/mol. The molecule has 1 amide bonds. The molecule has 0 spiro atoms. The fourth-order valence-corrected chi connectivity index (χ4v) is 3.23. The number of anilines is 2. The number of fused-ring (bicyclic) bond motifs is 1. The first-order chi connectivity index (χ1) is 13.0. The van der Waals surface area contributed by atoms with Crippen LogP contribution in [0.4, 0.5) is 11.4 Å². The summed E-state index contributed by atoms with van der Waals surface area (Å²) >= 11 is 12.0. The topological polar surface area (TPSA) is 68.0 Å². The molecule has 6 heteroatoms. The Morgan fingerprint density at radius 1 is 1.19 bits per heavy atom. The Morgan fingerprint density at radius 2 is 2.00 bits per heavy atom. The SMILES string of the molecule is CCCc1cc(N)c2cc(NC(=O)C=Cc3ccc(Cl)cc3Cl)ccc2n1. The highest BCUT2D eigenvalue weighted by Gasteiger charge is 2.06. The molecule has 0 saturated heterocycles. The summed E-state index contributed by atoms with van der Waals surface area (Å²) in [7, 11) is 0. The van der Waals surface area contributed by atoms with Gasteiger partial charge < -0.3 is 11.1 Å². The molecule has 0 aliphatic carbocycles. The van der Waals surface area contributed by atoms with Crippen molar-refractivity contribution in [2.75, 3.05) is 11.1 Å². The van der Waals surface area contributed by atoms with Crippen molar-refractivity contribution in [3.63, 3.8) is 0 Å². The van der Waals surface area contributed by atoms with Gasteiger partial charge in [0.05, 0.1) is 5.52 Å². The molecule has 3 aromatic rings. The molecule has 2 aromatic carbocycles. The van der Waals surface area contributed by atoms with Gasteiger partial charge in [-0.2, -0.15) is 0 Å². The van der Waals surface area contributed by atoms with E-state index in [1.54, 1.807) is 24.3 Å². The summed E-state index contributed by atoms with van der Waals surface area (Å²) in [5.74, 6) is -0.269. The largest absolute Gasteiger partial charge is 0.398 e. The Balaban J connectivity index is 1.77. The van der Waals surface area contributed by atoms with Crippen LogP contribution in [0.3, 0.4) is 0 Å². The van der Waals surface area contributed by atoms with Gasteiger partial charge in [-0.25, -0.2) is 0 Å². The van der Waals surface area contributed by atoms with Gasteiger partial charge in [-0.1, -0.05) is 42.6 Å². The van der Waals surface area contributed by atoms with E-state index in [9.17, 15) is 4.79 Å². The van der Waals surface area contributed by atoms with Crippen molar-refractivity contribution in [1.29, 1.82) is 0 Å². The van der Waals surface area contributed by atoms with Crippen LogP contribution in [-0.2, 0) is 11.2 Å². The maximum absolute atomic E-state index is 12.2. The van der Waals surface area contributed by atoms with Crippen LogP contribution in [0.2, 0.25) is 10.0 Å². The van der Waals surface area contributed by atoms with Gasteiger partial charge in [0, 0.05) is 38.6 Å². The van der Waals surface area contributed by atoms with Gasteiger partial charge in [-0.05, 0) is 54.5 Å². The summed E-state index contributed by atoms with van der Waals surface area (Å²) in [6, 6.07) is 12.5. The van der Waals surface area contributed by atoms with Crippen LogP contribution in [0.5, 0.6) is 0 Å². The Hall–Kier alpha value is -2.56. The first kappa shape index (κ1) is 19.2. The van der Waals surface area contributed by atoms with Gasteiger partial charge in [0.1, 0.15) is 0 Å². The minimum Gasteiger partial charge on any atom is -0.398 e. The molecule has 0 bridgehead atoms. The number of nitrogen functional groups attached to an aromatic ring is 1. The number of carbonyl (C=O) groups excluding carboxylic acids is 1. The van der Waals surface area contributed by atoms with Crippen LogP contribution in [0.15, 0.2) is 48.5 Å². The second kappa shape index (κ2) is 8.42. The Morgan fingerprint density at radius 3 is 2.74 bits per heavy atom. The Labute approximate surface area is 168 Å². The maximum Gasteiger partial charge on any atom is 0.248 e. The number of benzene rings is 2. The van der Waals surface area contributed by atoms with E-state index in [-0.39, 0.29) is 5.91 Å². The van der Waals surface area contributed by atoms with Gasteiger partial charge in [-0.3, -0.25) is 9.78 Å². The van der Waals surface area contributed by atoms with E-state index in [1.807, 2.05) is 24.3 Å². The fourth-order valence-electron chi connectivity index (χ4n) is 2.76. The van der Waals surface area contributed by atoms with E-state index >= 15 is 0 Å². The van der Waals surface area contributed by atoms with Crippen molar-refractivity contribution in [2.24, 2.45) is 0 Å². The molecule has 3 N–H and O–H groups in total. The Bertz CT molecular complexity index is 1030. The molecule has 0 unspecified atom stereocenters. The number of nitrogens with one attached hydrogen (secondary N) is 1. The number of hydrogen-bond acceptors (Lipinski definition) is 3. The van der Waals surface area contributed by atoms with Crippen LogP contribution in [0.25, 0.3) is 17.0 Å². The summed E-state index contributed by atoms with van der Waals surface area (Å²) in [5.41, 5.74) is 9.97. The van der Waals surface area contributed by atoms with Gasteiger partial charge in [0.15, 0.2) is 0 Å². The van der Waals surface area contributed by atoms with Gasteiger partial charge in [0.25, 0.3) is 0 Å². The predicted octanol–water partition coefficient (Wildman–Crippen LogP) is 5.73. The predicted molar refractivity (Wildman–Crippen MR) is 114 cm³/mol. The lowest BCUT2D eigenvalue weighted by molar-refractivity contribution is -0.111. The molecule has 0 aliphatic heterocycles. The van der Waals surface area contributed by atoms with Crippen molar-refractivity contribution in [3.8, 4) is 0 Å². The number of amides is 1. The fraction of sp³-hybridized carbons (Fsp3) is 0.143. The molecule has 0 radical (unpaired) electrons. The van der Waals surface area contributed by atoms with Gasteiger partial charge in [-0.15, -0.1) is 0 Å². The number of pyridine rings is 1. The molecule has 138 valence electrons. The van der Waals surface area contributed by atoms with Crippen molar-refractivity contribution < 1.29 is 4.79 Å².